The van der Waals surface area contributed by atoms with E-state index in [4.69, 9.17) is 10.8 Å². The Kier molecular flexibility index (Phi) is 6.42. The van der Waals surface area contributed by atoms with Crippen molar-refractivity contribution in [1.82, 2.24) is 4.90 Å². The molecule has 0 spiro atoms. The first-order valence-electron chi connectivity index (χ1n) is 6.21. The first kappa shape index (κ1) is 15.9. The van der Waals surface area contributed by atoms with Crippen molar-refractivity contribution in [1.29, 1.82) is 0 Å². The van der Waals surface area contributed by atoms with E-state index in [0.717, 1.165) is 0 Å². The summed E-state index contributed by atoms with van der Waals surface area (Å²) in [6, 6.07) is 6.54. The molecule has 0 unspecified atom stereocenters. The van der Waals surface area contributed by atoms with Crippen LogP contribution in [0.5, 0.6) is 0 Å². The van der Waals surface area contributed by atoms with Gasteiger partial charge in [0.25, 0.3) is 5.91 Å². The molecule has 0 heterocycles. The van der Waals surface area contributed by atoms with Gasteiger partial charge in [0.2, 0.25) is 5.91 Å². The van der Waals surface area contributed by atoms with Crippen molar-refractivity contribution in [3.63, 3.8) is 0 Å². The SMILES string of the molecule is C=CCN(CCO)CC(=O)Nc1ccccc1C(N)=O. The summed E-state index contributed by atoms with van der Waals surface area (Å²) in [6.07, 6.45) is 1.65. The third kappa shape index (κ3) is 4.83. The van der Waals surface area contributed by atoms with E-state index in [0.29, 0.717) is 18.8 Å². The second-order valence-corrected chi connectivity index (χ2v) is 4.21. The minimum absolute atomic E-state index is 0.0427. The maximum atomic E-state index is 11.9. The van der Waals surface area contributed by atoms with Crippen LogP contribution in [-0.4, -0.2) is 48.1 Å². The van der Waals surface area contributed by atoms with Gasteiger partial charge >= 0.3 is 0 Å². The number of carbonyl (C=O) groups excluding carboxylic acids is 2. The molecule has 1 rings (SSSR count). The molecule has 0 radical (unpaired) electrons. The number of hydrogen-bond donors (Lipinski definition) is 3. The number of carbonyl (C=O) groups is 2. The third-order valence-corrected chi connectivity index (χ3v) is 2.64. The summed E-state index contributed by atoms with van der Waals surface area (Å²) in [4.78, 5) is 24.9. The smallest absolute Gasteiger partial charge is 0.250 e. The lowest BCUT2D eigenvalue weighted by Crippen LogP contribution is -2.35. The Hall–Kier alpha value is -2.18. The fraction of sp³-hybridized carbons (Fsp3) is 0.286. The Morgan fingerprint density at radius 2 is 2.10 bits per heavy atom. The van der Waals surface area contributed by atoms with E-state index in [1.807, 2.05) is 0 Å². The van der Waals surface area contributed by atoms with E-state index in [1.54, 1.807) is 35.2 Å². The molecule has 4 N–H and O–H groups in total. The number of para-hydroxylation sites is 1. The number of nitrogens with two attached hydrogens (primary N) is 1. The Morgan fingerprint density at radius 1 is 1.40 bits per heavy atom. The van der Waals surface area contributed by atoms with Gasteiger partial charge in [0, 0.05) is 13.1 Å². The molecule has 108 valence electrons. The molecule has 0 saturated carbocycles. The Morgan fingerprint density at radius 3 is 2.70 bits per heavy atom. The van der Waals surface area contributed by atoms with Gasteiger partial charge in [-0.1, -0.05) is 18.2 Å². The van der Waals surface area contributed by atoms with Crippen LogP contribution in [0.4, 0.5) is 5.69 Å². The molecule has 1 aromatic carbocycles. The van der Waals surface area contributed by atoms with Crippen LogP contribution in [0.3, 0.4) is 0 Å². The average Bonchev–Trinajstić information content (AvgIpc) is 2.39. The lowest BCUT2D eigenvalue weighted by Gasteiger charge is -2.19. The zero-order valence-electron chi connectivity index (χ0n) is 11.2. The summed E-state index contributed by atoms with van der Waals surface area (Å²) < 4.78 is 0. The predicted molar refractivity (Wildman–Crippen MR) is 77.3 cm³/mol. The van der Waals surface area contributed by atoms with Crippen molar-refractivity contribution >= 4 is 17.5 Å². The van der Waals surface area contributed by atoms with Crippen LogP contribution in [-0.2, 0) is 4.79 Å². The number of primary amides is 1. The number of nitrogens with one attached hydrogen (secondary N) is 1. The lowest BCUT2D eigenvalue weighted by atomic mass is 10.1. The van der Waals surface area contributed by atoms with Gasteiger partial charge in [0.1, 0.15) is 0 Å². The fourth-order valence-electron chi connectivity index (χ4n) is 1.76. The molecular weight excluding hydrogens is 258 g/mol. The third-order valence-electron chi connectivity index (χ3n) is 2.64. The van der Waals surface area contributed by atoms with Crippen LogP contribution in [0, 0.1) is 0 Å². The number of aliphatic hydroxyl groups excluding tert-OH is 1. The largest absolute Gasteiger partial charge is 0.395 e. The van der Waals surface area contributed by atoms with Crippen molar-refractivity contribution in [3.8, 4) is 0 Å². The molecule has 1 aromatic rings. The number of hydrogen-bond acceptors (Lipinski definition) is 4. The van der Waals surface area contributed by atoms with Gasteiger partial charge in [0.05, 0.1) is 24.4 Å². The number of amides is 2. The predicted octanol–water partition coefficient (Wildman–Crippen LogP) is 0.204. The molecule has 20 heavy (non-hydrogen) atoms. The summed E-state index contributed by atoms with van der Waals surface area (Å²) >= 11 is 0. The van der Waals surface area contributed by atoms with Crippen molar-refractivity contribution in [2.45, 2.75) is 0 Å². The Balaban J connectivity index is 2.70. The highest BCUT2D eigenvalue weighted by molar-refractivity contribution is 6.03. The zero-order valence-corrected chi connectivity index (χ0v) is 11.2. The van der Waals surface area contributed by atoms with Gasteiger partial charge in [-0.3, -0.25) is 14.5 Å². The maximum Gasteiger partial charge on any atom is 0.250 e. The Bertz CT molecular complexity index is 488. The van der Waals surface area contributed by atoms with Crippen LogP contribution in [0.15, 0.2) is 36.9 Å². The molecule has 2 amide bonds. The molecule has 0 aliphatic carbocycles. The summed E-state index contributed by atoms with van der Waals surface area (Å²) in [5, 5.41) is 11.6. The first-order chi connectivity index (χ1) is 9.58. The van der Waals surface area contributed by atoms with Crippen molar-refractivity contribution in [2.24, 2.45) is 5.73 Å². The lowest BCUT2D eigenvalue weighted by molar-refractivity contribution is -0.117. The van der Waals surface area contributed by atoms with Crippen LogP contribution in [0.2, 0.25) is 0 Å². The van der Waals surface area contributed by atoms with Crippen molar-refractivity contribution in [3.05, 3.63) is 42.5 Å². The van der Waals surface area contributed by atoms with E-state index < -0.39 is 5.91 Å². The Labute approximate surface area is 117 Å². The van der Waals surface area contributed by atoms with E-state index in [2.05, 4.69) is 11.9 Å². The fourth-order valence-corrected chi connectivity index (χ4v) is 1.76. The van der Waals surface area contributed by atoms with Crippen LogP contribution in [0.1, 0.15) is 10.4 Å². The highest BCUT2D eigenvalue weighted by Crippen LogP contribution is 2.14. The highest BCUT2D eigenvalue weighted by Gasteiger charge is 2.12. The number of anilines is 1. The second-order valence-electron chi connectivity index (χ2n) is 4.21. The summed E-state index contributed by atoms with van der Waals surface area (Å²) in [7, 11) is 0. The van der Waals surface area contributed by atoms with Gasteiger partial charge in [-0.2, -0.15) is 0 Å². The molecule has 0 saturated heterocycles. The topological polar surface area (TPSA) is 95.7 Å². The summed E-state index contributed by atoms with van der Waals surface area (Å²) in [5.41, 5.74) is 5.88. The summed E-state index contributed by atoms with van der Waals surface area (Å²) in [5.74, 6) is -0.881. The zero-order chi connectivity index (χ0) is 15.0. The van der Waals surface area contributed by atoms with Gasteiger partial charge in [-0.25, -0.2) is 0 Å². The molecule has 0 aromatic heterocycles. The molecule has 0 aliphatic heterocycles. The molecule has 0 aliphatic rings. The second kappa shape index (κ2) is 8.08. The van der Waals surface area contributed by atoms with E-state index in [9.17, 15) is 9.59 Å². The number of nitrogens with zero attached hydrogens (tertiary/aromatic N) is 1. The van der Waals surface area contributed by atoms with Gasteiger partial charge in [-0.05, 0) is 12.1 Å². The monoisotopic (exact) mass is 277 g/mol. The van der Waals surface area contributed by atoms with Crippen LogP contribution >= 0.6 is 0 Å². The normalized spacial score (nSPS) is 10.3. The molecule has 0 fully saturated rings. The molecule has 0 atom stereocenters. The first-order valence-corrected chi connectivity index (χ1v) is 6.21. The molecule has 0 bridgehead atoms. The number of rotatable bonds is 8. The molecule has 6 nitrogen and oxygen atoms in total. The highest BCUT2D eigenvalue weighted by atomic mass is 16.3. The molecular formula is C14H19N3O3. The minimum atomic E-state index is -0.598. The quantitative estimate of drug-likeness (QED) is 0.592. The molecule has 6 heteroatoms. The number of benzene rings is 1. The number of aliphatic hydroxyl groups is 1. The van der Waals surface area contributed by atoms with Crippen molar-refractivity contribution in [2.75, 3.05) is 31.6 Å². The average molecular weight is 277 g/mol. The van der Waals surface area contributed by atoms with E-state index in [1.165, 1.54) is 0 Å². The van der Waals surface area contributed by atoms with Crippen LogP contribution < -0.4 is 11.1 Å². The van der Waals surface area contributed by atoms with Crippen LogP contribution in [0.25, 0.3) is 0 Å². The minimum Gasteiger partial charge on any atom is -0.395 e. The van der Waals surface area contributed by atoms with Gasteiger partial charge in [-0.15, -0.1) is 6.58 Å². The van der Waals surface area contributed by atoms with E-state index >= 15 is 0 Å². The van der Waals surface area contributed by atoms with Gasteiger partial charge in [0.15, 0.2) is 0 Å². The van der Waals surface area contributed by atoms with Crippen molar-refractivity contribution < 1.29 is 14.7 Å². The summed E-state index contributed by atoms with van der Waals surface area (Å²) in [6.45, 7) is 4.51. The van der Waals surface area contributed by atoms with E-state index in [-0.39, 0.29) is 24.6 Å². The maximum absolute atomic E-state index is 11.9. The standard InChI is InChI=1S/C14H19N3O3/c1-2-7-17(8-9-18)10-13(19)16-12-6-4-3-5-11(12)14(15)20/h2-6,18H,1,7-10H2,(H2,15,20)(H,16,19). The van der Waals surface area contributed by atoms with Gasteiger partial charge < -0.3 is 16.2 Å².